The van der Waals surface area contributed by atoms with Crippen molar-refractivity contribution in [2.45, 2.75) is 26.8 Å². The number of primary amides is 1. The van der Waals surface area contributed by atoms with Gasteiger partial charge in [0, 0.05) is 12.7 Å². The Morgan fingerprint density at radius 3 is 2.73 bits per heavy atom. The molecule has 0 aliphatic heterocycles. The Kier molecular flexibility index (Phi) is 3.47. The van der Waals surface area contributed by atoms with E-state index in [4.69, 9.17) is 11.5 Å². The molecule has 5 heteroatoms. The fourth-order valence-corrected chi connectivity index (χ4v) is 1.13. The number of rotatable bonds is 5. The molecule has 0 aromatic carbocycles. The minimum absolute atomic E-state index is 0.0961. The normalized spacial score (nSPS) is 11.7. The summed E-state index contributed by atoms with van der Waals surface area (Å²) in [5.74, 6) is -0.445. The van der Waals surface area contributed by atoms with Gasteiger partial charge in [-0.05, 0) is 18.4 Å². The van der Waals surface area contributed by atoms with Crippen LogP contribution in [0.3, 0.4) is 0 Å². The average Bonchev–Trinajstić information content (AvgIpc) is 2.63. The molecule has 0 aliphatic carbocycles. The Morgan fingerprint density at radius 2 is 2.27 bits per heavy atom. The molecule has 1 rings (SSSR count). The van der Waals surface area contributed by atoms with E-state index in [0.717, 1.165) is 13.0 Å². The summed E-state index contributed by atoms with van der Waals surface area (Å²) in [7, 11) is 0. The molecule has 0 aliphatic rings. The van der Waals surface area contributed by atoms with Gasteiger partial charge in [-0.3, -0.25) is 9.48 Å². The van der Waals surface area contributed by atoms with Crippen LogP contribution in [0.1, 0.15) is 30.6 Å². The maximum absolute atomic E-state index is 10.8. The van der Waals surface area contributed by atoms with Crippen LogP contribution in [0.4, 0.5) is 0 Å². The third kappa shape index (κ3) is 3.36. The summed E-state index contributed by atoms with van der Waals surface area (Å²) in [6.45, 7) is 5.59. The van der Waals surface area contributed by atoms with Crippen LogP contribution in [0.15, 0.2) is 12.4 Å². The van der Waals surface area contributed by atoms with Gasteiger partial charge in [-0.1, -0.05) is 13.8 Å². The van der Waals surface area contributed by atoms with E-state index in [1.807, 2.05) is 0 Å². The van der Waals surface area contributed by atoms with Crippen molar-refractivity contribution in [2.24, 2.45) is 16.9 Å². The van der Waals surface area contributed by atoms with Crippen molar-refractivity contribution in [3.63, 3.8) is 0 Å². The molecule has 0 atom stereocenters. The zero-order valence-electron chi connectivity index (χ0n) is 9.23. The van der Waals surface area contributed by atoms with E-state index in [1.54, 1.807) is 10.9 Å². The summed E-state index contributed by atoms with van der Waals surface area (Å²) in [5.41, 5.74) is 11.3. The Labute approximate surface area is 89.4 Å². The van der Waals surface area contributed by atoms with Gasteiger partial charge in [0.1, 0.15) is 0 Å². The van der Waals surface area contributed by atoms with Crippen molar-refractivity contribution in [1.82, 2.24) is 9.78 Å². The maximum atomic E-state index is 10.8. The lowest BCUT2D eigenvalue weighted by Gasteiger charge is -2.21. The molecule has 0 bridgehead atoms. The first kappa shape index (κ1) is 11.7. The topological polar surface area (TPSA) is 86.9 Å². The van der Waals surface area contributed by atoms with Crippen molar-refractivity contribution in [1.29, 1.82) is 0 Å². The van der Waals surface area contributed by atoms with Crippen LogP contribution < -0.4 is 11.5 Å². The zero-order chi connectivity index (χ0) is 11.5. The van der Waals surface area contributed by atoms with Gasteiger partial charge >= 0.3 is 0 Å². The predicted octanol–water partition coefficient (Wildman–Crippen LogP) is 0.357. The van der Waals surface area contributed by atoms with Gasteiger partial charge in [0.25, 0.3) is 5.91 Å². The number of carbonyl (C=O) groups is 1. The van der Waals surface area contributed by atoms with Gasteiger partial charge in [0.2, 0.25) is 0 Å². The van der Waals surface area contributed by atoms with Gasteiger partial charge in [0.15, 0.2) is 0 Å². The highest BCUT2D eigenvalue weighted by Crippen LogP contribution is 2.18. The molecular formula is C10H18N4O. The van der Waals surface area contributed by atoms with Crippen molar-refractivity contribution >= 4 is 5.91 Å². The van der Waals surface area contributed by atoms with Crippen molar-refractivity contribution in [3.8, 4) is 0 Å². The molecule has 1 aromatic heterocycles. The number of carbonyl (C=O) groups excluding carboxylic acids is 1. The Balaban J connectivity index is 2.55. The van der Waals surface area contributed by atoms with Crippen molar-refractivity contribution in [3.05, 3.63) is 18.0 Å². The van der Waals surface area contributed by atoms with Gasteiger partial charge in [-0.25, -0.2) is 0 Å². The molecule has 0 saturated heterocycles. The van der Waals surface area contributed by atoms with E-state index >= 15 is 0 Å². The molecule has 15 heavy (non-hydrogen) atoms. The molecule has 0 radical (unpaired) electrons. The first-order valence-electron chi connectivity index (χ1n) is 4.97. The standard InChI is InChI=1S/C10H18N4O/c1-10(2,7-11)3-4-14-6-8(5-13-14)9(12)15/h5-6H,3-4,7,11H2,1-2H3,(H2,12,15). The fraction of sp³-hybridized carbons (Fsp3) is 0.600. The Hall–Kier alpha value is -1.36. The van der Waals surface area contributed by atoms with Gasteiger partial charge in [0.05, 0.1) is 11.8 Å². The second-order valence-corrected chi connectivity index (χ2v) is 4.47. The SMILES string of the molecule is CC(C)(CN)CCn1cc(C(N)=O)cn1. The summed E-state index contributed by atoms with van der Waals surface area (Å²) in [6, 6.07) is 0. The molecule has 84 valence electrons. The summed E-state index contributed by atoms with van der Waals surface area (Å²) in [4.78, 5) is 10.8. The average molecular weight is 210 g/mol. The van der Waals surface area contributed by atoms with E-state index in [2.05, 4.69) is 18.9 Å². The number of hydrogen-bond donors (Lipinski definition) is 2. The van der Waals surface area contributed by atoms with Crippen LogP contribution in [0, 0.1) is 5.41 Å². The van der Waals surface area contributed by atoms with E-state index < -0.39 is 5.91 Å². The Bertz CT molecular complexity index is 343. The number of amides is 1. The molecule has 5 nitrogen and oxygen atoms in total. The van der Waals surface area contributed by atoms with Crippen molar-refractivity contribution < 1.29 is 4.79 Å². The van der Waals surface area contributed by atoms with Crippen molar-refractivity contribution in [2.75, 3.05) is 6.54 Å². The van der Waals surface area contributed by atoms with E-state index in [0.29, 0.717) is 12.1 Å². The van der Waals surface area contributed by atoms with Crippen LogP contribution in [-0.4, -0.2) is 22.2 Å². The summed E-state index contributed by atoms with van der Waals surface area (Å²) in [6.07, 6.45) is 4.07. The molecule has 1 heterocycles. The molecule has 0 saturated carbocycles. The quantitative estimate of drug-likeness (QED) is 0.735. The highest BCUT2D eigenvalue weighted by molar-refractivity contribution is 5.92. The first-order chi connectivity index (χ1) is 6.94. The van der Waals surface area contributed by atoms with Crippen LogP contribution in [0.2, 0.25) is 0 Å². The lowest BCUT2D eigenvalue weighted by molar-refractivity contribution is 0.1000. The highest BCUT2D eigenvalue weighted by Gasteiger charge is 2.15. The van der Waals surface area contributed by atoms with Gasteiger partial charge < -0.3 is 11.5 Å². The lowest BCUT2D eigenvalue weighted by Crippen LogP contribution is -2.25. The molecule has 0 fully saturated rings. The van der Waals surface area contributed by atoms with E-state index in [1.165, 1.54) is 6.20 Å². The summed E-state index contributed by atoms with van der Waals surface area (Å²) in [5, 5.41) is 4.05. The second-order valence-electron chi connectivity index (χ2n) is 4.47. The Morgan fingerprint density at radius 1 is 1.60 bits per heavy atom. The molecule has 0 unspecified atom stereocenters. The molecule has 4 N–H and O–H groups in total. The number of nitrogens with two attached hydrogens (primary N) is 2. The predicted molar refractivity (Wildman–Crippen MR) is 58.2 cm³/mol. The van der Waals surface area contributed by atoms with Crippen LogP contribution in [0.25, 0.3) is 0 Å². The molecular weight excluding hydrogens is 192 g/mol. The number of nitrogens with zero attached hydrogens (tertiary/aromatic N) is 2. The first-order valence-corrected chi connectivity index (χ1v) is 4.97. The van der Waals surface area contributed by atoms with Gasteiger partial charge in [-0.2, -0.15) is 5.10 Å². The second kappa shape index (κ2) is 4.44. The molecule has 1 aromatic rings. The molecule has 1 amide bonds. The number of hydrogen-bond acceptors (Lipinski definition) is 3. The smallest absolute Gasteiger partial charge is 0.251 e. The van der Waals surface area contributed by atoms with Crippen LogP contribution >= 0.6 is 0 Å². The lowest BCUT2D eigenvalue weighted by atomic mass is 9.90. The van der Waals surface area contributed by atoms with E-state index in [9.17, 15) is 4.79 Å². The number of aromatic nitrogens is 2. The van der Waals surface area contributed by atoms with Gasteiger partial charge in [-0.15, -0.1) is 0 Å². The minimum Gasteiger partial charge on any atom is -0.366 e. The maximum Gasteiger partial charge on any atom is 0.251 e. The van der Waals surface area contributed by atoms with E-state index in [-0.39, 0.29) is 5.41 Å². The molecule has 0 spiro atoms. The highest BCUT2D eigenvalue weighted by atomic mass is 16.1. The fourth-order valence-electron chi connectivity index (χ4n) is 1.13. The van der Waals surface area contributed by atoms with Crippen LogP contribution in [0.5, 0.6) is 0 Å². The third-order valence-corrected chi connectivity index (χ3v) is 2.49. The summed E-state index contributed by atoms with van der Waals surface area (Å²) >= 11 is 0. The summed E-state index contributed by atoms with van der Waals surface area (Å²) < 4.78 is 1.72. The minimum atomic E-state index is -0.445. The number of aryl methyl sites for hydroxylation is 1. The van der Waals surface area contributed by atoms with Crippen LogP contribution in [-0.2, 0) is 6.54 Å². The monoisotopic (exact) mass is 210 g/mol. The third-order valence-electron chi connectivity index (χ3n) is 2.49. The largest absolute Gasteiger partial charge is 0.366 e. The zero-order valence-corrected chi connectivity index (χ0v) is 9.23.